The van der Waals surface area contributed by atoms with Gasteiger partial charge < -0.3 is 5.32 Å². The summed E-state index contributed by atoms with van der Waals surface area (Å²) in [5.74, 6) is 0. The standard InChI is InChI=1S/C15H19N3/c1-18-13(9-10-17-18)11-16-15-8-4-6-12-5-2-3-7-14(12)15/h4,6,8-10,16H,2-3,5,7,11H2,1H3. The molecular formula is C15H19N3. The smallest absolute Gasteiger partial charge is 0.0571 e. The summed E-state index contributed by atoms with van der Waals surface area (Å²) in [6.45, 7) is 0.840. The van der Waals surface area contributed by atoms with Crippen molar-refractivity contribution < 1.29 is 0 Å². The number of anilines is 1. The number of fused-ring (bicyclic) bond motifs is 1. The highest BCUT2D eigenvalue weighted by Gasteiger charge is 2.12. The van der Waals surface area contributed by atoms with Gasteiger partial charge >= 0.3 is 0 Å². The third kappa shape index (κ3) is 2.13. The summed E-state index contributed by atoms with van der Waals surface area (Å²) in [4.78, 5) is 0. The SMILES string of the molecule is Cn1nccc1CNc1cccc2c1CCCC2. The number of nitrogens with zero attached hydrogens (tertiary/aromatic N) is 2. The Morgan fingerprint density at radius 1 is 1.22 bits per heavy atom. The van der Waals surface area contributed by atoms with Crippen LogP contribution in [0.3, 0.4) is 0 Å². The minimum absolute atomic E-state index is 0.840. The fourth-order valence-corrected chi connectivity index (χ4v) is 2.71. The average Bonchev–Trinajstić information content (AvgIpc) is 2.82. The molecule has 0 bridgehead atoms. The highest BCUT2D eigenvalue weighted by molar-refractivity contribution is 5.55. The van der Waals surface area contributed by atoms with Crippen LogP contribution in [0.15, 0.2) is 30.5 Å². The van der Waals surface area contributed by atoms with Gasteiger partial charge in [0.25, 0.3) is 0 Å². The van der Waals surface area contributed by atoms with Gasteiger partial charge in [-0.25, -0.2) is 0 Å². The maximum Gasteiger partial charge on any atom is 0.0571 e. The first-order chi connectivity index (χ1) is 8.84. The van der Waals surface area contributed by atoms with Crippen LogP contribution in [0, 0.1) is 0 Å². The summed E-state index contributed by atoms with van der Waals surface area (Å²) in [6, 6.07) is 8.68. The first-order valence-corrected chi connectivity index (χ1v) is 6.66. The minimum Gasteiger partial charge on any atom is -0.379 e. The largest absolute Gasteiger partial charge is 0.379 e. The van der Waals surface area contributed by atoms with E-state index in [1.165, 1.54) is 48.2 Å². The average molecular weight is 241 g/mol. The zero-order valence-corrected chi connectivity index (χ0v) is 10.8. The van der Waals surface area contributed by atoms with Gasteiger partial charge in [-0.2, -0.15) is 5.10 Å². The molecule has 0 radical (unpaired) electrons. The van der Waals surface area contributed by atoms with Crippen molar-refractivity contribution in [3.8, 4) is 0 Å². The third-order valence-electron chi connectivity index (χ3n) is 3.78. The fourth-order valence-electron chi connectivity index (χ4n) is 2.71. The van der Waals surface area contributed by atoms with Crippen molar-refractivity contribution in [2.75, 3.05) is 5.32 Å². The molecule has 3 rings (SSSR count). The summed E-state index contributed by atoms with van der Waals surface area (Å²) >= 11 is 0. The Kier molecular flexibility index (Phi) is 3.05. The van der Waals surface area contributed by atoms with Gasteiger partial charge in [0.2, 0.25) is 0 Å². The van der Waals surface area contributed by atoms with Crippen LogP contribution < -0.4 is 5.32 Å². The maximum absolute atomic E-state index is 4.19. The van der Waals surface area contributed by atoms with Crippen molar-refractivity contribution in [3.05, 3.63) is 47.3 Å². The van der Waals surface area contributed by atoms with Gasteiger partial charge in [-0.1, -0.05) is 12.1 Å². The van der Waals surface area contributed by atoms with E-state index < -0.39 is 0 Å². The molecule has 1 aliphatic carbocycles. The molecule has 0 spiro atoms. The first-order valence-electron chi connectivity index (χ1n) is 6.66. The third-order valence-corrected chi connectivity index (χ3v) is 3.78. The lowest BCUT2D eigenvalue weighted by Gasteiger charge is -2.20. The summed E-state index contributed by atoms with van der Waals surface area (Å²) in [7, 11) is 1.98. The Hall–Kier alpha value is -1.77. The van der Waals surface area contributed by atoms with E-state index >= 15 is 0 Å². The van der Waals surface area contributed by atoms with Crippen LogP contribution in [0.4, 0.5) is 5.69 Å². The fraction of sp³-hybridized carbons (Fsp3) is 0.400. The molecule has 3 heteroatoms. The van der Waals surface area contributed by atoms with Crippen molar-refractivity contribution >= 4 is 5.69 Å². The maximum atomic E-state index is 4.19. The van der Waals surface area contributed by atoms with Gasteiger partial charge in [-0.3, -0.25) is 4.68 Å². The van der Waals surface area contributed by atoms with E-state index in [2.05, 4.69) is 34.7 Å². The molecule has 1 aliphatic rings. The lowest BCUT2D eigenvalue weighted by Crippen LogP contribution is -2.10. The Balaban J connectivity index is 1.79. The van der Waals surface area contributed by atoms with E-state index in [4.69, 9.17) is 0 Å². The van der Waals surface area contributed by atoms with Gasteiger partial charge in [0.15, 0.2) is 0 Å². The second-order valence-corrected chi connectivity index (χ2v) is 4.95. The number of benzene rings is 1. The molecule has 0 unspecified atom stereocenters. The molecule has 0 aliphatic heterocycles. The molecule has 1 aromatic heterocycles. The highest BCUT2D eigenvalue weighted by atomic mass is 15.3. The van der Waals surface area contributed by atoms with Gasteiger partial charge in [-0.15, -0.1) is 0 Å². The molecule has 0 saturated carbocycles. The summed E-state index contributed by atoms with van der Waals surface area (Å²) < 4.78 is 1.92. The summed E-state index contributed by atoms with van der Waals surface area (Å²) in [6.07, 6.45) is 6.94. The molecule has 94 valence electrons. The lowest BCUT2D eigenvalue weighted by atomic mass is 9.90. The Bertz CT molecular complexity index is 542. The van der Waals surface area contributed by atoms with Crippen molar-refractivity contribution in [3.63, 3.8) is 0 Å². The van der Waals surface area contributed by atoms with Gasteiger partial charge in [0.1, 0.15) is 0 Å². The lowest BCUT2D eigenvalue weighted by molar-refractivity contribution is 0.685. The second-order valence-electron chi connectivity index (χ2n) is 4.95. The topological polar surface area (TPSA) is 29.9 Å². The Morgan fingerprint density at radius 3 is 2.94 bits per heavy atom. The van der Waals surface area contributed by atoms with Gasteiger partial charge in [0.05, 0.1) is 12.2 Å². The van der Waals surface area contributed by atoms with Crippen molar-refractivity contribution in [2.24, 2.45) is 7.05 Å². The van der Waals surface area contributed by atoms with Gasteiger partial charge in [0, 0.05) is 18.9 Å². The number of hydrogen-bond acceptors (Lipinski definition) is 2. The molecule has 3 nitrogen and oxygen atoms in total. The summed E-state index contributed by atoms with van der Waals surface area (Å²) in [5.41, 5.74) is 5.55. The van der Waals surface area contributed by atoms with Crippen LogP contribution in [-0.4, -0.2) is 9.78 Å². The molecule has 0 saturated heterocycles. The van der Waals surface area contributed by atoms with Crippen molar-refractivity contribution in [1.82, 2.24) is 9.78 Å². The Morgan fingerprint density at radius 2 is 2.11 bits per heavy atom. The molecule has 18 heavy (non-hydrogen) atoms. The molecule has 1 aromatic carbocycles. The highest BCUT2D eigenvalue weighted by Crippen LogP contribution is 2.28. The van der Waals surface area contributed by atoms with Crippen LogP contribution in [-0.2, 0) is 26.4 Å². The molecule has 2 aromatic rings. The Labute approximate surface area is 108 Å². The van der Waals surface area contributed by atoms with E-state index in [1.807, 2.05) is 17.9 Å². The van der Waals surface area contributed by atoms with Crippen LogP contribution in [0.5, 0.6) is 0 Å². The zero-order chi connectivity index (χ0) is 12.4. The molecule has 1 heterocycles. The molecule has 0 atom stereocenters. The number of aromatic nitrogens is 2. The second kappa shape index (κ2) is 4.84. The van der Waals surface area contributed by atoms with Crippen LogP contribution in [0.25, 0.3) is 0 Å². The molecule has 1 N–H and O–H groups in total. The van der Waals surface area contributed by atoms with E-state index in [1.54, 1.807) is 0 Å². The first kappa shape index (κ1) is 11.3. The quantitative estimate of drug-likeness (QED) is 0.895. The zero-order valence-electron chi connectivity index (χ0n) is 10.8. The number of hydrogen-bond donors (Lipinski definition) is 1. The predicted molar refractivity (Wildman–Crippen MR) is 73.6 cm³/mol. The number of aryl methyl sites for hydroxylation is 2. The minimum atomic E-state index is 0.840. The van der Waals surface area contributed by atoms with Crippen LogP contribution in [0.2, 0.25) is 0 Å². The van der Waals surface area contributed by atoms with Crippen molar-refractivity contribution in [1.29, 1.82) is 0 Å². The van der Waals surface area contributed by atoms with E-state index in [-0.39, 0.29) is 0 Å². The molecule has 0 fully saturated rings. The van der Waals surface area contributed by atoms with E-state index in [0.717, 1.165) is 6.54 Å². The van der Waals surface area contributed by atoms with Gasteiger partial charge in [-0.05, 0) is 48.9 Å². The van der Waals surface area contributed by atoms with E-state index in [0.29, 0.717) is 0 Å². The molecule has 0 amide bonds. The van der Waals surface area contributed by atoms with E-state index in [9.17, 15) is 0 Å². The number of rotatable bonds is 3. The van der Waals surface area contributed by atoms with Crippen LogP contribution >= 0.6 is 0 Å². The monoisotopic (exact) mass is 241 g/mol. The number of nitrogens with one attached hydrogen (secondary N) is 1. The van der Waals surface area contributed by atoms with Crippen LogP contribution in [0.1, 0.15) is 29.7 Å². The molecular weight excluding hydrogens is 222 g/mol. The normalized spacial score (nSPS) is 14.3. The summed E-state index contributed by atoms with van der Waals surface area (Å²) in [5, 5.41) is 7.75. The van der Waals surface area contributed by atoms with Crippen molar-refractivity contribution in [2.45, 2.75) is 32.2 Å². The predicted octanol–water partition coefficient (Wildman–Crippen LogP) is 2.91.